The van der Waals surface area contributed by atoms with E-state index in [0.29, 0.717) is 6.54 Å². The number of nitrogens with one attached hydrogen (secondary N) is 1. The van der Waals surface area contributed by atoms with Gasteiger partial charge in [0.15, 0.2) is 0 Å². The normalized spacial score (nSPS) is 15.8. The molecule has 4 nitrogen and oxygen atoms in total. The van der Waals surface area contributed by atoms with E-state index in [1.807, 2.05) is 19.0 Å². The molecule has 0 spiro atoms. The number of hydrogen-bond donors (Lipinski definition) is 1. The Labute approximate surface area is 72.6 Å². The van der Waals surface area contributed by atoms with Gasteiger partial charge in [0.1, 0.15) is 0 Å². The summed E-state index contributed by atoms with van der Waals surface area (Å²) in [4.78, 5) is 12.9. The molecule has 0 aromatic heterocycles. The van der Waals surface area contributed by atoms with Crippen LogP contribution in [0.1, 0.15) is 19.3 Å². The molecule has 0 saturated heterocycles. The van der Waals surface area contributed by atoms with Gasteiger partial charge in [-0.3, -0.25) is 4.79 Å². The highest BCUT2D eigenvalue weighted by atomic mass is 16.2. The minimum Gasteiger partial charge on any atom is -0.301 e. The van der Waals surface area contributed by atoms with E-state index in [0.717, 1.165) is 18.6 Å². The fourth-order valence-corrected chi connectivity index (χ4v) is 0.911. The first-order valence-electron chi connectivity index (χ1n) is 4.17. The highest BCUT2D eigenvalue weighted by Gasteiger charge is 2.10. The minimum absolute atomic E-state index is 0.0422. The largest absolute Gasteiger partial charge is 0.301 e. The fourth-order valence-electron chi connectivity index (χ4n) is 0.911. The molecule has 1 saturated carbocycles. The lowest BCUT2D eigenvalue weighted by Gasteiger charge is -2.14. The van der Waals surface area contributed by atoms with E-state index >= 15 is 0 Å². The molecule has 68 valence electrons. The molecule has 0 aliphatic heterocycles. The van der Waals surface area contributed by atoms with Crippen molar-refractivity contribution in [3.8, 4) is 0 Å². The first-order chi connectivity index (χ1) is 5.68. The van der Waals surface area contributed by atoms with E-state index in [-0.39, 0.29) is 5.91 Å². The molecule has 1 aliphatic rings. The van der Waals surface area contributed by atoms with Gasteiger partial charge in [0.2, 0.25) is 0 Å². The number of carbonyl (C=O) groups is 1. The van der Waals surface area contributed by atoms with Crippen LogP contribution in [0.2, 0.25) is 0 Å². The van der Waals surface area contributed by atoms with Gasteiger partial charge in [-0.25, -0.2) is 5.43 Å². The summed E-state index contributed by atoms with van der Waals surface area (Å²) in [6.07, 6.45) is 3.30. The Kier molecular flexibility index (Phi) is 3.22. The van der Waals surface area contributed by atoms with E-state index in [1.165, 1.54) is 6.42 Å². The lowest BCUT2D eigenvalue weighted by molar-refractivity contribution is -0.121. The van der Waals surface area contributed by atoms with Crippen molar-refractivity contribution in [2.24, 2.45) is 5.10 Å². The quantitative estimate of drug-likeness (QED) is 0.613. The van der Waals surface area contributed by atoms with Crippen molar-refractivity contribution in [2.75, 3.05) is 20.6 Å². The van der Waals surface area contributed by atoms with Crippen molar-refractivity contribution >= 4 is 11.6 Å². The predicted molar refractivity (Wildman–Crippen MR) is 48.0 cm³/mol. The van der Waals surface area contributed by atoms with Crippen LogP contribution in [0, 0.1) is 0 Å². The average Bonchev–Trinajstić information content (AvgIpc) is 1.81. The average molecular weight is 169 g/mol. The van der Waals surface area contributed by atoms with Gasteiger partial charge in [0.25, 0.3) is 5.91 Å². The standard InChI is InChI=1S/C8H15N3O/c1-11(2)6-8(12)10-9-7-4-3-5-7/h3-6H2,1-2H3,(H,10,12). The van der Waals surface area contributed by atoms with Gasteiger partial charge in [0, 0.05) is 5.71 Å². The molecule has 4 heteroatoms. The summed E-state index contributed by atoms with van der Waals surface area (Å²) in [6.45, 7) is 0.400. The van der Waals surface area contributed by atoms with Gasteiger partial charge in [-0.05, 0) is 33.4 Å². The van der Waals surface area contributed by atoms with E-state index in [2.05, 4.69) is 10.5 Å². The monoisotopic (exact) mass is 169 g/mol. The van der Waals surface area contributed by atoms with Gasteiger partial charge < -0.3 is 4.90 Å². The number of carbonyl (C=O) groups excluding carboxylic acids is 1. The molecule has 1 N–H and O–H groups in total. The maximum absolute atomic E-state index is 11.0. The molecule has 12 heavy (non-hydrogen) atoms. The van der Waals surface area contributed by atoms with Crippen molar-refractivity contribution in [3.05, 3.63) is 0 Å². The Morgan fingerprint density at radius 2 is 2.25 bits per heavy atom. The zero-order valence-electron chi connectivity index (χ0n) is 7.63. The van der Waals surface area contributed by atoms with Crippen molar-refractivity contribution in [1.82, 2.24) is 10.3 Å². The lowest BCUT2D eigenvalue weighted by Crippen LogP contribution is -2.31. The summed E-state index contributed by atoms with van der Waals surface area (Å²) in [6, 6.07) is 0. The molecule has 0 aromatic rings. The number of hydrogen-bond acceptors (Lipinski definition) is 3. The van der Waals surface area contributed by atoms with Gasteiger partial charge in [-0.1, -0.05) is 0 Å². The maximum Gasteiger partial charge on any atom is 0.254 e. The van der Waals surface area contributed by atoms with Crippen molar-refractivity contribution < 1.29 is 4.79 Å². The molecule has 1 fully saturated rings. The zero-order valence-corrected chi connectivity index (χ0v) is 7.63. The molecule has 0 heterocycles. The minimum atomic E-state index is -0.0422. The number of nitrogens with zero attached hydrogens (tertiary/aromatic N) is 2. The number of likely N-dealkylation sites (N-methyl/N-ethyl adjacent to an activating group) is 1. The van der Waals surface area contributed by atoms with Crippen LogP contribution in [0.3, 0.4) is 0 Å². The second-order valence-corrected chi connectivity index (χ2v) is 3.30. The molecule has 0 atom stereocenters. The molecule has 0 unspecified atom stereocenters. The molecule has 0 radical (unpaired) electrons. The third-order valence-electron chi connectivity index (χ3n) is 1.73. The molecule has 1 rings (SSSR count). The van der Waals surface area contributed by atoms with E-state index in [1.54, 1.807) is 0 Å². The number of amides is 1. The van der Waals surface area contributed by atoms with Crippen molar-refractivity contribution in [2.45, 2.75) is 19.3 Å². The summed E-state index contributed by atoms with van der Waals surface area (Å²) in [5.74, 6) is -0.0422. The summed E-state index contributed by atoms with van der Waals surface area (Å²) in [5, 5.41) is 3.97. The van der Waals surface area contributed by atoms with Crippen LogP contribution in [-0.4, -0.2) is 37.2 Å². The Morgan fingerprint density at radius 1 is 1.58 bits per heavy atom. The third kappa shape index (κ3) is 3.00. The van der Waals surface area contributed by atoms with Crippen LogP contribution in [0.15, 0.2) is 5.10 Å². The molecule has 0 aromatic carbocycles. The Morgan fingerprint density at radius 3 is 2.67 bits per heavy atom. The third-order valence-corrected chi connectivity index (χ3v) is 1.73. The van der Waals surface area contributed by atoms with Gasteiger partial charge in [-0.2, -0.15) is 5.10 Å². The number of rotatable bonds is 3. The first-order valence-corrected chi connectivity index (χ1v) is 4.17. The van der Waals surface area contributed by atoms with Crippen LogP contribution < -0.4 is 5.43 Å². The molecule has 0 bridgehead atoms. The zero-order chi connectivity index (χ0) is 8.97. The second-order valence-electron chi connectivity index (χ2n) is 3.30. The van der Waals surface area contributed by atoms with E-state index in [9.17, 15) is 4.79 Å². The Balaban J connectivity index is 2.17. The van der Waals surface area contributed by atoms with Crippen LogP contribution in [0.25, 0.3) is 0 Å². The second kappa shape index (κ2) is 4.21. The molecular weight excluding hydrogens is 154 g/mol. The maximum atomic E-state index is 11.0. The van der Waals surface area contributed by atoms with Crippen LogP contribution >= 0.6 is 0 Å². The summed E-state index contributed by atoms with van der Waals surface area (Å²) >= 11 is 0. The highest BCUT2D eigenvalue weighted by molar-refractivity contribution is 5.90. The summed E-state index contributed by atoms with van der Waals surface area (Å²) < 4.78 is 0. The fraction of sp³-hybridized carbons (Fsp3) is 0.750. The lowest BCUT2D eigenvalue weighted by atomic mass is 9.98. The van der Waals surface area contributed by atoms with Crippen LogP contribution in [0.4, 0.5) is 0 Å². The topological polar surface area (TPSA) is 44.7 Å². The van der Waals surface area contributed by atoms with Gasteiger partial charge in [-0.15, -0.1) is 0 Å². The highest BCUT2D eigenvalue weighted by Crippen LogP contribution is 2.13. The predicted octanol–water partition coefficient (Wildman–Crippen LogP) is 0.204. The molecular formula is C8H15N3O. The smallest absolute Gasteiger partial charge is 0.254 e. The van der Waals surface area contributed by atoms with Crippen molar-refractivity contribution in [3.63, 3.8) is 0 Å². The Hall–Kier alpha value is -0.900. The number of hydrazone groups is 1. The van der Waals surface area contributed by atoms with E-state index < -0.39 is 0 Å². The summed E-state index contributed by atoms with van der Waals surface area (Å²) in [5.41, 5.74) is 3.64. The Bertz CT molecular complexity index is 192. The first kappa shape index (κ1) is 9.19. The molecule has 1 aliphatic carbocycles. The van der Waals surface area contributed by atoms with Crippen LogP contribution in [-0.2, 0) is 4.79 Å². The summed E-state index contributed by atoms with van der Waals surface area (Å²) in [7, 11) is 3.71. The van der Waals surface area contributed by atoms with Gasteiger partial charge in [0.05, 0.1) is 6.54 Å². The van der Waals surface area contributed by atoms with E-state index in [4.69, 9.17) is 0 Å². The molecule has 1 amide bonds. The SMILES string of the molecule is CN(C)CC(=O)NN=C1CCC1. The van der Waals surface area contributed by atoms with Crippen LogP contribution in [0.5, 0.6) is 0 Å². The van der Waals surface area contributed by atoms with Crippen molar-refractivity contribution in [1.29, 1.82) is 0 Å². The van der Waals surface area contributed by atoms with Gasteiger partial charge >= 0.3 is 0 Å².